The Kier molecular flexibility index (Phi) is 7.60. The van der Waals surface area contributed by atoms with Crippen LogP contribution in [-0.4, -0.2) is 26.0 Å². The van der Waals surface area contributed by atoms with Crippen LogP contribution in [0.25, 0.3) is 0 Å². The maximum absolute atomic E-state index is 10.8. The van der Waals surface area contributed by atoms with Gasteiger partial charge in [0, 0.05) is 13.0 Å². The maximum atomic E-state index is 10.8. The van der Waals surface area contributed by atoms with Crippen LogP contribution in [0.1, 0.15) is 73.6 Å². The number of hydrogen-bond donors (Lipinski definition) is 1. The van der Waals surface area contributed by atoms with Crippen LogP contribution >= 0.6 is 0 Å². The highest BCUT2D eigenvalue weighted by Gasteiger charge is 2.45. The van der Waals surface area contributed by atoms with E-state index in [1.807, 2.05) is 0 Å². The summed E-state index contributed by atoms with van der Waals surface area (Å²) in [5.41, 5.74) is 1.91. The third kappa shape index (κ3) is 4.82. The lowest BCUT2D eigenvalue weighted by molar-refractivity contribution is -0.138. The minimum atomic E-state index is -1.75. The van der Waals surface area contributed by atoms with Crippen molar-refractivity contribution < 1.29 is 14.3 Å². The smallest absolute Gasteiger partial charge is 0.303 e. The second-order valence-electron chi connectivity index (χ2n) is 8.11. The lowest BCUT2D eigenvalue weighted by Crippen LogP contribution is -2.48. The molecule has 1 rings (SSSR count). The van der Waals surface area contributed by atoms with Crippen LogP contribution < -0.4 is 0 Å². The number of rotatable bonds is 8. The molecule has 0 aromatic heterocycles. The molecule has 1 aliphatic carbocycles. The molecule has 0 unspecified atom stereocenters. The van der Waals surface area contributed by atoms with Crippen LogP contribution in [0.5, 0.6) is 0 Å². The van der Waals surface area contributed by atoms with Crippen molar-refractivity contribution in [2.24, 2.45) is 11.8 Å². The molecule has 0 aromatic rings. The Morgan fingerprint density at radius 3 is 1.73 bits per heavy atom. The van der Waals surface area contributed by atoms with Gasteiger partial charge in [0.15, 0.2) is 8.32 Å². The van der Waals surface area contributed by atoms with Crippen molar-refractivity contribution in [3.8, 4) is 0 Å². The van der Waals surface area contributed by atoms with Gasteiger partial charge in [0.2, 0.25) is 0 Å². The highest BCUT2D eigenvalue weighted by atomic mass is 28.4. The van der Waals surface area contributed by atoms with E-state index >= 15 is 0 Å². The second-order valence-corrected chi connectivity index (χ2v) is 13.6. The molecule has 130 valence electrons. The molecule has 22 heavy (non-hydrogen) atoms. The predicted octanol–water partition coefficient (Wildman–Crippen LogP) is 5.46. The van der Waals surface area contributed by atoms with E-state index in [4.69, 9.17) is 9.53 Å². The van der Waals surface area contributed by atoms with Gasteiger partial charge in [-0.3, -0.25) is 4.79 Å². The molecular formula is C18H36O3Si. The Morgan fingerprint density at radius 1 is 0.955 bits per heavy atom. The summed E-state index contributed by atoms with van der Waals surface area (Å²) in [4.78, 5) is 10.8. The number of carboxylic acid groups (broad SMARTS) is 1. The molecule has 3 nitrogen and oxygen atoms in total. The number of carbonyl (C=O) groups is 1. The summed E-state index contributed by atoms with van der Waals surface area (Å²) in [7, 11) is -1.75. The first-order chi connectivity index (χ1) is 10.2. The number of aliphatic carboxylic acids is 1. The molecule has 1 fully saturated rings. The van der Waals surface area contributed by atoms with E-state index in [1.54, 1.807) is 0 Å². The van der Waals surface area contributed by atoms with Crippen molar-refractivity contribution in [1.29, 1.82) is 0 Å². The summed E-state index contributed by atoms with van der Waals surface area (Å²) in [5.74, 6) is 0.370. The maximum Gasteiger partial charge on any atom is 0.303 e. The molecule has 4 heteroatoms. The van der Waals surface area contributed by atoms with Gasteiger partial charge in [0.05, 0.1) is 0 Å². The SMILES string of the molecule is CC(C)[Si](OCC1CCC(CC(=O)O)CC1)(C(C)C)C(C)C. The standard InChI is InChI=1S/C18H36O3Si/c1-13(2)22(14(3)4,15(5)6)21-12-17-9-7-16(8-10-17)11-18(19)20/h13-17H,7-12H2,1-6H3,(H,19,20). The Morgan fingerprint density at radius 2 is 1.36 bits per heavy atom. The molecule has 0 amide bonds. The van der Waals surface area contributed by atoms with Crippen molar-refractivity contribution >= 4 is 14.3 Å². The minimum Gasteiger partial charge on any atom is -0.481 e. The van der Waals surface area contributed by atoms with E-state index in [2.05, 4.69) is 41.5 Å². The highest BCUT2D eigenvalue weighted by molar-refractivity contribution is 6.77. The minimum absolute atomic E-state index is 0.343. The van der Waals surface area contributed by atoms with Crippen molar-refractivity contribution in [3.63, 3.8) is 0 Å². The summed E-state index contributed by atoms with van der Waals surface area (Å²) >= 11 is 0. The van der Waals surface area contributed by atoms with Gasteiger partial charge < -0.3 is 9.53 Å². The molecule has 0 saturated heterocycles. The van der Waals surface area contributed by atoms with Gasteiger partial charge in [-0.15, -0.1) is 0 Å². The first kappa shape index (κ1) is 19.7. The molecular weight excluding hydrogens is 292 g/mol. The predicted molar refractivity (Wildman–Crippen MR) is 94.7 cm³/mol. The third-order valence-corrected chi connectivity index (χ3v) is 11.8. The van der Waals surface area contributed by atoms with Crippen molar-refractivity contribution in [2.75, 3.05) is 6.61 Å². The zero-order valence-corrected chi connectivity index (χ0v) is 16.4. The summed E-state index contributed by atoms with van der Waals surface area (Å²) < 4.78 is 6.69. The lowest BCUT2D eigenvalue weighted by atomic mass is 9.81. The third-order valence-electron chi connectivity index (χ3n) is 5.71. The van der Waals surface area contributed by atoms with E-state index < -0.39 is 14.3 Å². The fourth-order valence-corrected chi connectivity index (χ4v) is 10.1. The summed E-state index contributed by atoms with van der Waals surface area (Å²) in [6.45, 7) is 14.9. The normalized spacial score (nSPS) is 23.5. The average Bonchev–Trinajstić information content (AvgIpc) is 2.39. The fourth-order valence-electron chi connectivity index (χ4n) is 4.61. The Hall–Kier alpha value is -0.353. The van der Waals surface area contributed by atoms with Crippen LogP contribution in [0.15, 0.2) is 0 Å². The van der Waals surface area contributed by atoms with Crippen LogP contribution in [-0.2, 0) is 9.22 Å². The molecule has 0 atom stereocenters. The Balaban J connectivity index is 2.55. The Labute approximate surface area is 138 Å². The van der Waals surface area contributed by atoms with Crippen molar-refractivity contribution in [1.82, 2.24) is 0 Å². The quantitative estimate of drug-likeness (QED) is 0.602. The van der Waals surface area contributed by atoms with Crippen LogP contribution in [0.3, 0.4) is 0 Å². The Bertz CT molecular complexity index is 322. The van der Waals surface area contributed by atoms with Crippen LogP contribution in [0.4, 0.5) is 0 Å². The van der Waals surface area contributed by atoms with E-state index in [0.717, 1.165) is 32.3 Å². The summed E-state index contributed by atoms with van der Waals surface area (Å²) in [6, 6.07) is 0. The second kappa shape index (κ2) is 8.49. The molecule has 1 N–H and O–H groups in total. The van der Waals surface area contributed by atoms with E-state index in [9.17, 15) is 4.79 Å². The molecule has 1 saturated carbocycles. The van der Waals surface area contributed by atoms with Crippen molar-refractivity contribution in [2.45, 2.75) is 90.3 Å². The fraction of sp³-hybridized carbons (Fsp3) is 0.944. The van der Waals surface area contributed by atoms with Gasteiger partial charge in [0.25, 0.3) is 0 Å². The van der Waals surface area contributed by atoms with Crippen LogP contribution in [0, 0.1) is 11.8 Å². The first-order valence-corrected chi connectivity index (χ1v) is 11.2. The number of carboxylic acids is 1. The van der Waals surface area contributed by atoms with E-state index in [1.165, 1.54) is 0 Å². The topological polar surface area (TPSA) is 46.5 Å². The zero-order chi connectivity index (χ0) is 16.9. The van der Waals surface area contributed by atoms with Gasteiger partial charge in [-0.05, 0) is 54.1 Å². The molecule has 0 radical (unpaired) electrons. The molecule has 0 bridgehead atoms. The average molecular weight is 329 g/mol. The van der Waals surface area contributed by atoms with Gasteiger partial charge in [-0.25, -0.2) is 0 Å². The van der Waals surface area contributed by atoms with E-state index in [-0.39, 0.29) is 0 Å². The largest absolute Gasteiger partial charge is 0.481 e. The monoisotopic (exact) mass is 328 g/mol. The summed E-state index contributed by atoms with van der Waals surface area (Å²) in [6.07, 6.45) is 4.73. The molecule has 1 aliphatic rings. The zero-order valence-electron chi connectivity index (χ0n) is 15.4. The van der Waals surface area contributed by atoms with Gasteiger partial charge >= 0.3 is 5.97 Å². The molecule has 0 aromatic carbocycles. The summed E-state index contributed by atoms with van der Waals surface area (Å²) in [5, 5.41) is 8.91. The van der Waals surface area contributed by atoms with Crippen LogP contribution in [0.2, 0.25) is 16.6 Å². The van der Waals surface area contributed by atoms with Gasteiger partial charge in [0.1, 0.15) is 0 Å². The number of hydrogen-bond acceptors (Lipinski definition) is 2. The van der Waals surface area contributed by atoms with Gasteiger partial charge in [-0.1, -0.05) is 41.5 Å². The van der Waals surface area contributed by atoms with Gasteiger partial charge in [-0.2, -0.15) is 0 Å². The molecule has 0 spiro atoms. The molecule has 0 heterocycles. The lowest BCUT2D eigenvalue weighted by Gasteiger charge is -2.43. The van der Waals surface area contributed by atoms with Crippen molar-refractivity contribution in [3.05, 3.63) is 0 Å². The first-order valence-electron chi connectivity index (χ1n) is 9.05. The molecule has 0 aliphatic heterocycles. The van der Waals surface area contributed by atoms with E-state index in [0.29, 0.717) is 34.9 Å². The highest BCUT2D eigenvalue weighted by Crippen LogP contribution is 2.43.